The fourth-order valence-corrected chi connectivity index (χ4v) is 1.45. The van der Waals surface area contributed by atoms with Crippen molar-refractivity contribution in [1.82, 2.24) is 15.0 Å². The summed E-state index contributed by atoms with van der Waals surface area (Å²) in [6.45, 7) is 0.105. The molecule has 1 aromatic heterocycles. The SMILES string of the molecule is Cn1cc(COc2ccc(/C(N)=N/O)cc2F)nn1. The molecule has 0 aliphatic rings. The molecule has 0 radical (unpaired) electrons. The Hall–Kier alpha value is -2.64. The Labute approximate surface area is 108 Å². The molecule has 19 heavy (non-hydrogen) atoms. The van der Waals surface area contributed by atoms with Crippen LogP contribution in [-0.4, -0.2) is 26.0 Å². The average Bonchev–Trinajstić information content (AvgIpc) is 2.82. The van der Waals surface area contributed by atoms with Crippen molar-refractivity contribution in [3.05, 3.63) is 41.5 Å². The maximum atomic E-state index is 13.7. The zero-order valence-corrected chi connectivity index (χ0v) is 10.1. The van der Waals surface area contributed by atoms with Gasteiger partial charge in [-0.05, 0) is 18.2 Å². The third kappa shape index (κ3) is 2.97. The highest BCUT2D eigenvalue weighted by Gasteiger charge is 2.08. The van der Waals surface area contributed by atoms with E-state index >= 15 is 0 Å². The fraction of sp³-hybridized carbons (Fsp3) is 0.182. The Bertz CT molecular complexity index is 611. The second-order valence-corrected chi connectivity index (χ2v) is 3.80. The van der Waals surface area contributed by atoms with E-state index in [9.17, 15) is 4.39 Å². The first kappa shape index (κ1) is 12.8. The fourth-order valence-electron chi connectivity index (χ4n) is 1.45. The number of benzene rings is 1. The number of aromatic nitrogens is 3. The van der Waals surface area contributed by atoms with Gasteiger partial charge in [-0.15, -0.1) is 5.10 Å². The van der Waals surface area contributed by atoms with E-state index in [4.69, 9.17) is 15.7 Å². The first-order chi connectivity index (χ1) is 9.10. The Morgan fingerprint density at radius 1 is 1.58 bits per heavy atom. The van der Waals surface area contributed by atoms with Crippen LogP contribution >= 0.6 is 0 Å². The van der Waals surface area contributed by atoms with Crippen LogP contribution in [-0.2, 0) is 13.7 Å². The number of nitrogens with two attached hydrogens (primary N) is 1. The Balaban J connectivity index is 2.09. The molecule has 0 aliphatic carbocycles. The van der Waals surface area contributed by atoms with Crippen molar-refractivity contribution in [2.75, 3.05) is 0 Å². The molecule has 0 fully saturated rings. The first-order valence-corrected chi connectivity index (χ1v) is 5.35. The number of oxime groups is 1. The predicted molar refractivity (Wildman–Crippen MR) is 64.2 cm³/mol. The van der Waals surface area contributed by atoms with Gasteiger partial charge in [-0.1, -0.05) is 10.4 Å². The molecular formula is C11H12FN5O2. The van der Waals surface area contributed by atoms with Crippen molar-refractivity contribution in [2.45, 2.75) is 6.61 Å². The van der Waals surface area contributed by atoms with Gasteiger partial charge in [-0.2, -0.15) is 0 Å². The highest BCUT2D eigenvalue weighted by Crippen LogP contribution is 2.19. The van der Waals surface area contributed by atoms with Crippen LogP contribution in [0.5, 0.6) is 5.75 Å². The van der Waals surface area contributed by atoms with E-state index in [0.717, 1.165) is 6.07 Å². The number of amidine groups is 1. The molecular weight excluding hydrogens is 253 g/mol. The second-order valence-electron chi connectivity index (χ2n) is 3.80. The van der Waals surface area contributed by atoms with Crippen molar-refractivity contribution in [1.29, 1.82) is 0 Å². The van der Waals surface area contributed by atoms with Crippen LogP contribution in [0.4, 0.5) is 4.39 Å². The van der Waals surface area contributed by atoms with Gasteiger partial charge in [0.05, 0.1) is 6.20 Å². The molecule has 100 valence electrons. The van der Waals surface area contributed by atoms with Crippen molar-refractivity contribution in [3.63, 3.8) is 0 Å². The van der Waals surface area contributed by atoms with Crippen LogP contribution in [0, 0.1) is 5.82 Å². The van der Waals surface area contributed by atoms with Crippen LogP contribution in [0.1, 0.15) is 11.3 Å². The van der Waals surface area contributed by atoms with Crippen LogP contribution in [0.2, 0.25) is 0 Å². The zero-order chi connectivity index (χ0) is 13.8. The van der Waals surface area contributed by atoms with E-state index in [-0.39, 0.29) is 23.8 Å². The number of ether oxygens (including phenoxy) is 1. The summed E-state index contributed by atoms with van der Waals surface area (Å²) >= 11 is 0. The van der Waals surface area contributed by atoms with Gasteiger partial charge in [0.1, 0.15) is 12.3 Å². The topological polar surface area (TPSA) is 98.5 Å². The number of halogens is 1. The lowest BCUT2D eigenvalue weighted by Gasteiger charge is -2.06. The summed E-state index contributed by atoms with van der Waals surface area (Å²) in [5.41, 5.74) is 6.21. The summed E-state index contributed by atoms with van der Waals surface area (Å²) in [6.07, 6.45) is 1.67. The van der Waals surface area contributed by atoms with E-state index in [1.54, 1.807) is 13.2 Å². The Kier molecular flexibility index (Phi) is 3.60. The third-order valence-electron chi connectivity index (χ3n) is 2.36. The lowest BCUT2D eigenvalue weighted by atomic mass is 10.2. The smallest absolute Gasteiger partial charge is 0.170 e. The molecule has 0 unspecified atom stereocenters. The van der Waals surface area contributed by atoms with Crippen LogP contribution < -0.4 is 10.5 Å². The monoisotopic (exact) mass is 265 g/mol. The summed E-state index contributed by atoms with van der Waals surface area (Å²) in [7, 11) is 1.73. The highest BCUT2D eigenvalue weighted by molar-refractivity contribution is 5.97. The molecule has 1 heterocycles. The van der Waals surface area contributed by atoms with Crippen molar-refractivity contribution in [3.8, 4) is 5.75 Å². The molecule has 0 amide bonds. The second kappa shape index (κ2) is 5.34. The Morgan fingerprint density at radius 2 is 2.37 bits per heavy atom. The molecule has 0 saturated heterocycles. The highest BCUT2D eigenvalue weighted by atomic mass is 19.1. The van der Waals surface area contributed by atoms with Gasteiger partial charge in [-0.25, -0.2) is 4.39 Å². The van der Waals surface area contributed by atoms with E-state index in [1.807, 2.05) is 0 Å². The molecule has 0 aliphatic heterocycles. The number of nitrogens with zero attached hydrogens (tertiary/aromatic N) is 4. The normalized spacial score (nSPS) is 11.6. The van der Waals surface area contributed by atoms with E-state index in [1.165, 1.54) is 16.8 Å². The molecule has 8 heteroatoms. The largest absolute Gasteiger partial charge is 0.484 e. The molecule has 3 N–H and O–H groups in total. The van der Waals surface area contributed by atoms with Gasteiger partial charge < -0.3 is 15.7 Å². The average molecular weight is 265 g/mol. The van der Waals surface area contributed by atoms with Gasteiger partial charge in [0.2, 0.25) is 0 Å². The molecule has 2 rings (SSSR count). The summed E-state index contributed by atoms with van der Waals surface area (Å²) in [6, 6.07) is 4.02. The van der Waals surface area contributed by atoms with Gasteiger partial charge in [-0.3, -0.25) is 4.68 Å². The van der Waals surface area contributed by atoms with E-state index in [2.05, 4.69) is 15.5 Å². The third-order valence-corrected chi connectivity index (χ3v) is 2.36. The number of rotatable bonds is 4. The van der Waals surface area contributed by atoms with Gasteiger partial charge >= 0.3 is 0 Å². The van der Waals surface area contributed by atoms with E-state index < -0.39 is 5.82 Å². The minimum Gasteiger partial charge on any atom is -0.484 e. The van der Waals surface area contributed by atoms with Crippen molar-refractivity contribution < 1.29 is 14.3 Å². The number of aryl methyl sites for hydroxylation is 1. The standard InChI is InChI=1S/C11H12FN5O2/c1-17-5-8(14-16-17)6-19-10-3-2-7(4-9(10)12)11(13)15-18/h2-5,18H,6H2,1H3,(H2,13,15). The van der Waals surface area contributed by atoms with Crippen LogP contribution in [0.15, 0.2) is 29.6 Å². The zero-order valence-electron chi connectivity index (χ0n) is 10.1. The summed E-state index contributed by atoms with van der Waals surface area (Å²) < 4.78 is 20.5. The quantitative estimate of drug-likeness (QED) is 0.365. The summed E-state index contributed by atoms with van der Waals surface area (Å²) in [5.74, 6) is -0.715. The van der Waals surface area contributed by atoms with Gasteiger partial charge in [0.25, 0.3) is 0 Å². The minimum atomic E-state index is -0.604. The van der Waals surface area contributed by atoms with Crippen molar-refractivity contribution >= 4 is 5.84 Å². The maximum absolute atomic E-state index is 13.7. The first-order valence-electron chi connectivity index (χ1n) is 5.35. The molecule has 0 spiro atoms. The lowest BCUT2D eigenvalue weighted by molar-refractivity contribution is 0.285. The molecule has 0 bridgehead atoms. The molecule has 0 atom stereocenters. The van der Waals surface area contributed by atoms with Gasteiger partial charge in [0, 0.05) is 12.6 Å². The molecule has 2 aromatic rings. The van der Waals surface area contributed by atoms with Crippen molar-refractivity contribution in [2.24, 2.45) is 17.9 Å². The lowest BCUT2D eigenvalue weighted by Crippen LogP contribution is -2.13. The molecule has 7 nitrogen and oxygen atoms in total. The number of hydrogen-bond donors (Lipinski definition) is 2. The minimum absolute atomic E-state index is 0.0557. The summed E-state index contributed by atoms with van der Waals surface area (Å²) in [5, 5.41) is 18.8. The predicted octanol–water partition coefficient (Wildman–Crippen LogP) is 0.628. The van der Waals surface area contributed by atoms with Crippen LogP contribution in [0.25, 0.3) is 0 Å². The van der Waals surface area contributed by atoms with E-state index in [0.29, 0.717) is 5.69 Å². The summed E-state index contributed by atoms with van der Waals surface area (Å²) in [4.78, 5) is 0. The molecule has 1 aromatic carbocycles. The van der Waals surface area contributed by atoms with Crippen LogP contribution in [0.3, 0.4) is 0 Å². The number of hydrogen-bond acceptors (Lipinski definition) is 5. The molecule has 0 saturated carbocycles. The Morgan fingerprint density at radius 3 is 2.95 bits per heavy atom. The maximum Gasteiger partial charge on any atom is 0.170 e. The van der Waals surface area contributed by atoms with Gasteiger partial charge in [0.15, 0.2) is 17.4 Å².